The predicted octanol–water partition coefficient (Wildman–Crippen LogP) is 3.93. The quantitative estimate of drug-likeness (QED) is 0.609. The lowest BCUT2D eigenvalue weighted by atomic mass is 10.1. The number of benzene rings is 1. The molecule has 0 heterocycles. The molecule has 0 amide bonds. The van der Waals surface area contributed by atoms with Crippen LogP contribution in [0.1, 0.15) is 37.8 Å². The molecule has 18 heavy (non-hydrogen) atoms. The second-order valence-corrected chi connectivity index (χ2v) is 5.61. The van der Waals surface area contributed by atoms with Gasteiger partial charge in [-0.1, -0.05) is 49.8 Å². The van der Waals surface area contributed by atoms with Crippen LogP contribution in [0.15, 0.2) is 18.2 Å². The zero-order chi connectivity index (χ0) is 13.5. The number of hydrogen-bond donors (Lipinski definition) is 1. The highest BCUT2D eigenvalue weighted by atomic mass is 35.5. The number of rotatable bonds is 7. The molecule has 1 aromatic rings. The van der Waals surface area contributed by atoms with Gasteiger partial charge in [-0.25, -0.2) is 0 Å². The van der Waals surface area contributed by atoms with Crippen LogP contribution in [0.5, 0.6) is 0 Å². The first-order valence-corrected chi connectivity index (χ1v) is 6.95. The number of thiocarbonyl (C=S) groups is 1. The van der Waals surface area contributed by atoms with E-state index >= 15 is 0 Å². The first kappa shape index (κ1) is 15.4. The number of nitrogens with two attached hydrogens (primary N) is 1. The first-order valence-electron chi connectivity index (χ1n) is 6.16. The molecule has 0 aliphatic rings. The summed E-state index contributed by atoms with van der Waals surface area (Å²) in [6.07, 6.45) is 2.27. The molecule has 0 bridgehead atoms. The minimum Gasteiger partial charge on any atom is -0.389 e. The smallest absolute Gasteiger partial charge is 0.104 e. The van der Waals surface area contributed by atoms with E-state index in [1.807, 2.05) is 12.1 Å². The van der Waals surface area contributed by atoms with Crippen LogP contribution in [-0.2, 0) is 11.3 Å². The van der Waals surface area contributed by atoms with Gasteiger partial charge in [0.25, 0.3) is 0 Å². The molecule has 0 aromatic heterocycles. The summed E-state index contributed by atoms with van der Waals surface area (Å²) in [6.45, 7) is 5.73. The Labute approximate surface area is 119 Å². The summed E-state index contributed by atoms with van der Waals surface area (Å²) in [5.74, 6) is 0.724. The van der Waals surface area contributed by atoms with E-state index in [1.165, 1.54) is 6.42 Å². The van der Waals surface area contributed by atoms with Crippen LogP contribution in [0, 0.1) is 5.92 Å². The molecular weight excluding hydrogens is 266 g/mol. The van der Waals surface area contributed by atoms with Gasteiger partial charge in [-0.05, 0) is 30.4 Å². The van der Waals surface area contributed by atoms with Gasteiger partial charge in [0, 0.05) is 17.2 Å². The normalized spacial score (nSPS) is 10.9. The summed E-state index contributed by atoms with van der Waals surface area (Å²) in [5, 5.41) is 0.657. The maximum absolute atomic E-state index is 6.14. The fourth-order valence-corrected chi connectivity index (χ4v) is 1.96. The van der Waals surface area contributed by atoms with Gasteiger partial charge in [-0.3, -0.25) is 0 Å². The van der Waals surface area contributed by atoms with Crippen LogP contribution in [-0.4, -0.2) is 11.6 Å². The van der Waals surface area contributed by atoms with E-state index in [-0.39, 0.29) is 0 Å². The molecule has 0 unspecified atom stereocenters. The second kappa shape index (κ2) is 7.72. The third-order valence-corrected chi connectivity index (χ3v) is 3.25. The predicted molar refractivity (Wildman–Crippen MR) is 81.1 cm³/mol. The Bertz CT molecular complexity index is 407. The summed E-state index contributed by atoms with van der Waals surface area (Å²) in [6, 6.07) is 5.58. The molecule has 100 valence electrons. The molecule has 0 atom stereocenters. The highest BCUT2D eigenvalue weighted by molar-refractivity contribution is 7.80. The van der Waals surface area contributed by atoms with Crippen molar-refractivity contribution in [1.29, 1.82) is 0 Å². The zero-order valence-electron chi connectivity index (χ0n) is 10.9. The summed E-state index contributed by atoms with van der Waals surface area (Å²) < 4.78 is 5.60. The van der Waals surface area contributed by atoms with Crippen molar-refractivity contribution in [1.82, 2.24) is 0 Å². The second-order valence-electron chi connectivity index (χ2n) is 4.76. The van der Waals surface area contributed by atoms with Crippen molar-refractivity contribution < 1.29 is 4.74 Å². The van der Waals surface area contributed by atoms with Crippen LogP contribution in [0.25, 0.3) is 0 Å². The van der Waals surface area contributed by atoms with Gasteiger partial charge in [0.05, 0.1) is 6.61 Å². The monoisotopic (exact) mass is 285 g/mol. The van der Waals surface area contributed by atoms with Crippen LogP contribution in [0.2, 0.25) is 5.02 Å². The zero-order valence-corrected chi connectivity index (χ0v) is 12.5. The van der Waals surface area contributed by atoms with Crippen molar-refractivity contribution in [3.63, 3.8) is 0 Å². The summed E-state index contributed by atoms with van der Waals surface area (Å²) in [4.78, 5) is 0.362. The van der Waals surface area contributed by atoms with Gasteiger partial charge in [0.1, 0.15) is 4.99 Å². The lowest BCUT2D eigenvalue weighted by Crippen LogP contribution is -2.09. The van der Waals surface area contributed by atoms with Gasteiger partial charge < -0.3 is 10.5 Å². The average molecular weight is 286 g/mol. The van der Waals surface area contributed by atoms with Crippen molar-refractivity contribution >= 4 is 28.8 Å². The molecule has 0 spiro atoms. The Hall–Kier alpha value is -0.640. The minimum atomic E-state index is 0.362. The minimum absolute atomic E-state index is 0.362. The third kappa shape index (κ3) is 5.34. The number of halogens is 1. The molecule has 0 aliphatic heterocycles. The van der Waals surface area contributed by atoms with E-state index in [2.05, 4.69) is 13.8 Å². The highest BCUT2D eigenvalue weighted by Crippen LogP contribution is 2.19. The van der Waals surface area contributed by atoms with Crippen LogP contribution < -0.4 is 5.73 Å². The Morgan fingerprint density at radius 3 is 2.72 bits per heavy atom. The largest absolute Gasteiger partial charge is 0.389 e. The van der Waals surface area contributed by atoms with Gasteiger partial charge in [0.15, 0.2) is 0 Å². The summed E-state index contributed by atoms with van der Waals surface area (Å²) in [7, 11) is 0. The summed E-state index contributed by atoms with van der Waals surface area (Å²) in [5.41, 5.74) is 7.31. The topological polar surface area (TPSA) is 35.2 Å². The average Bonchev–Trinajstić information content (AvgIpc) is 2.29. The molecule has 0 radical (unpaired) electrons. The molecule has 2 N–H and O–H groups in total. The van der Waals surface area contributed by atoms with E-state index < -0.39 is 0 Å². The Balaban J connectivity index is 2.41. The lowest BCUT2D eigenvalue weighted by Gasteiger charge is -2.08. The van der Waals surface area contributed by atoms with E-state index in [0.717, 1.165) is 30.1 Å². The molecule has 0 fully saturated rings. The van der Waals surface area contributed by atoms with Gasteiger partial charge in [-0.2, -0.15) is 0 Å². The van der Waals surface area contributed by atoms with Crippen molar-refractivity contribution in [2.24, 2.45) is 11.7 Å². The van der Waals surface area contributed by atoms with E-state index in [1.54, 1.807) is 6.07 Å². The van der Waals surface area contributed by atoms with E-state index in [4.69, 9.17) is 34.3 Å². The molecule has 0 saturated heterocycles. The van der Waals surface area contributed by atoms with Crippen molar-refractivity contribution in [2.75, 3.05) is 6.61 Å². The Kier molecular flexibility index (Phi) is 6.61. The maximum Gasteiger partial charge on any atom is 0.104 e. The van der Waals surface area contributed by atoms with Crippen molar-refractivity contribution in [3.8, 4) is 0 Å². The lowest BCUT2D eigenvalue weighted by molar-refractivity contribution is 0.115. The molecule has 1 aromatic carbocycles. The van der Waals surface area contributed by atoms with E-state index in [9.17, 15) is 0 Å². The fourth-order valence-electron chi connectivity index (χ4n) is 1.59. The van der Waals surface area contributed by atoms with E-state index in [0.29, 0.717) is 16.6 Å². The highest BCUT2D eigenvalue weighted by Gasteiger charge is 2.04. The van der Waals surface area contributed by atoms with Crippen LogP contribution >= 0.6 is 23.8 Å². The molecule has 4 heteroatoms. The Morgan fingerprint density at radius 2 is 2.17 bits per heavy atom. The van der Waals surface area contributed by atoms with Crippen molar-refractivity contribution in [2.45, 2.75) is 33.3 Å². The molecular formula is C14H20ClNOS. The Morgan fingerprint density at radius 1 is 1.44 bits per heavy atom. The van der Waals surface area contributed by atoms with Crippen molar-refractivity contribution in [3.05, 3.63) is 34.3 Å². The van der Waals surface area contributed by atoms with Gasteiger partial charge >= 0.3 is 0 Å². The SMILES string of the molecule is CC(C)CCCOCc1ccc(C(N)=S)cc1Cl. The van der Waals surface area contributed by atoms with Gasteiger partial charge in [-0.15, -0.1) is 0 Å². The number of hydrogen-bond acceptors (Lipinski definition) is 2. The van der Waals surface area contributed by atoms with Crippen LogP contribution in [0.3, 0.4) is 0 Å². The molecule has 0 aliphatic carbocycles. The number of ether oxygens (including phenoxy) is 1. The molecule has 0 saturated carbocycles. The maximum atomic E-state index is 6.14. The standard InChI is InChI=1S/C14H20ClNOS/c1-10(2)4-3-7-17-9-12-6-5-11(14(16)18)8-13(12)15/h5-6,8,10H,3-4,7,9H2,1-2H3,(H2,16,18). The molecule has 2 nitrogen and oxygen atoms in total. The summed E-state index contributed by atoms with van der Waals surface area (Å²) >= 11 is 11.0. The molecule has 1 rings (SSSR count). The fraction of sp³-hybridized carbons (Fsp3) is 0.500. The first-order chi connectivity index (χ1) is 8.50. The third-order valence-electron chi connectivity index (χ3n) is 2.67. The van der Waals surface area contributed by atoms with Crippen LogP contribution in [0.4, 0.5) is 0 Å². The van der Waals surface area contributed by atoms with Gasteiger partial charge in [0.2, 0.25) is 0 Å².